The summed E-state index contributed by atoms with van der Waals surface area (Å²) in [6.45, 7) is 8.25. The number of hydrogen-bond donors (Lipinski definition) is 0. The van der Waals surface area contributed by atoms with Crippen LogP contribution in [0.5, 0.6) is 0 Å². The van der Waals surface area contributed by atoms with E-state index in [-0.39, 0.29) is 23.8 Å². The molecule has 0 aliphatic rings. The van der Waals surface area contributed by atoms with Crippen LogP contribution >= 0.6 is 0 Å². The van der Waals surface area contributed by atoms with Crippen molar-refractivity contribution in [2.45, 2.75) is 143 Å². The maximum absolute atomic E-state index is 12.2. The lowest BCUT2D eigenvalue weighted by molar-refractivity contribution is -0.165. The van der Waals surface area contributed by atoms with Crippen molar-refractivity contribution in [3.63, 3.8) is 0 Å². The van der Waals surface area contributed by atoms with Crippen molar-refractivity contribution < 1.29 is 14.3 Å². The maximum atomic E-state index is 12.2. The van der Waals surface area contributed by atoms with Crippen molar-refractivity contribution in [2.24, 2.45) is 11.8 Å². The van der Waals surface area contributed by atoms with Crippen molar-refractivity contribution >= 4 is 11.9 Å². The quantitative estimate of drug-likeness (QED) is 0.115. The van der Waals surface area contributed by atoms with E-state index in [1.165, 1.54) is 89.9 Å². The van der Waals surface area contributed by atoms with E-state index in [1.54, 1.807) is 0 Å². The van der Waals surface area contributed by atoms with Crippen molar-refractivity contribution in [2.75, 3.05) is 0 Å². The Kier molecular flexibility index (Phi) is 19.8. The number of carbonyl (C=O) groups excluding carboxylic acids is 2. The molecule has 0 saturated heterocycles. The second-order valence-electron chi connectivity index (χ2n) is 9.07. The van der Waals surface area contributed by atoms with Gasteiger partial charge in [-0.1, -0.05) is 130 Å². The molecule has 0 aromatic heterocycles. The molecule has 0 saturated carbocycles. The van der Waals surface area contributed by atoms with Crippen molar-refractivity contribution in [1.82, 2.24) is 0 Å². The van der Waals surface area contributed by atoms with Gasteiger partial charge in [0.25, 0.3) is 0 Å². The van der Waals surface area contributed by atoms with Gasteiger partial charge in [-0.05, 0) is 12.8 Å². The molecule has 0 rings (SSSR count). The highest BCUT2D eigenvalue weighted by atomic mass is 16.6. The average Bonchev–Trinajstić information content (AvgIpc) is 2.71. The molecule has 0 spiro atoms. The topological polar surface area (TPSA) is 43.4 Å². The van der Waals surface area contributed by atoms with E-state index in [2.05, 4.69) is 13.8 Å². The molecule has 0 aromatic carbocycles. The van der Waals surface area contributed by atoms with Crippen LogP contribution in [0.4, 0.5) is 0 Å². The Hall–Kier alpha value is -0.860. The van der Waals surface area contributed by atoms with Gasteiger partial charge in [0, 0.05) is 0 Å². The lowest BCUT2D eigenvalue weighted by Gasteiger charge is -2.13. The van der Waals surface area contributed by atoms with Crippen LogP contribution in [0.25, 0.3) is 0 Å². The van der Waals surface area contributed by atoms with Gasteiger partial charge in [0.1, 0.15) is 0 Å². The molecular weight excluding hydrogens is 360 g/mol. The van der Waals surface area contributed by atoms with E-state index in [0.717, 1.165) is 25.7 Å². The van der Waals surface area contributed by atoms with Crippen molar-refractivity contribution in [3.05, 3.63) is 0 Å². The fraction of sp³-hybridized carbons (Fsp3) is 0.923. The largest absolute Gasteiger partial charge is 0.393 e. The molecular formula is C26H50O3. The summed E-state index contributed by atoms with van der Waals surface area (Å²) in [7, 11) is 0. The van der Waals surface area contributed by atoms with E-state index in [4.69, 9.17) is 4.74 Å². The average molecular weight is 411 g/mol. The van der Waals surface area contributed by atoms with Gasteiger partial charge in [0.2, 0.25) is 0 Å². The Morgan fingerprint density at radius 2 is 0.793 bits per heavy atom. The van der Waals surface area contributed by atoms with E-state index < -0.39 is 0 Å². The highest BCUT2D eigenvalue weighted by Gasteiger charge is 2.21. The zero-order valence-corrected chi connectivity index (χ0v) is 20.1. The van der Waals surface area contributed by atoms with Crippen LogP contribution in [0.3, 0.4) is 0 Å². The SMILES string of the molecule is CCCCCCCCCC[C@@H](C)C(=O)OC(=O)[C@H](C)CCCCCCCCCC. The van der Waals surface area contributed by atoms with E-state index in [0.29, 0.717) is 0 Å². The number of unbranched alkanes of at least 4 members (excludes halogenated alkanes) is 14. The third-order valence-corrected chi connectivity index (χ3v) is 5.99. The molecule has 0 aliphatic heterocycles. The third kappa shape index (κ3) is 17.7. The fourth-order valence-electron chi connectivity index (χ4n) is 3.70. The lowest BCUT2D eigenvalue weighted by Crippen LogP contribution is -2.23. The summed E-state index contributed by atoms with van der Waals surface area (Å²) < 4.78 is 5.14. The molecule has 0 aliphatic carbocycles. The molecule has 0 heterocycles. The first-order chi connectivity index (χ1) is 14.0. The Balaban J connectivity index is 3.70. The number of rotatable bonds is 20. The van der Waals surface area contributed by atoms with Crippen LogP contribution < -0.4 is 0 Å². The summed E-state index contributed by atoms with van der Waals surface area (Å²) in [5.74, 6) is -1.01. The van der Waals surface area contributed by atoms with Crippen LogP contribution in [0.15, 0.2) is 0 Å². The molecule has 2 atom stereocenters. The first-order valence-corrected chi connectivity index (χ1v) is 12.8. The Bertz CT molecular complexity index is 355. The van der Waals surface area contributed by atoms with E-state index in [9.17, 15) is 9.59 Å². The standard InChI is InChI=1S/C26H50O3/c1-5-7-9-11-13-15-17-19-21-23(3)25(27)29-26(28)24(4)22-20-18-16-14-12-10-8-6-2/h23-24H,5-22H2,1-4H3/t23-,24-/m1/s1. The summed E-state index contributed by atoms with van der Waals surface area (Å²) >= 11 is 0. The second-order valence-corrected chi connectivity index (χ2v) is 9.07. The molecule has 0 fully saturated rings. The van der Waals surface area contributed by atoms with Gasteiger partial charge in [-0.3, -0.25) is 9.59 Å². The predicted molar refractivity (Wildman–Crippen MR) is 124 cm³/mol. The molecule has 0 aromatic rings. The van der Waals surface area contributed by atoms with Crippen LogP contribution in [0, 0.1) is 11.8 Å². The summed E-state index contributed by atoms with van der Waals surface area (Å²) in [5, 5.41) is 0. The first-order valence-electron chi connectivity index (χ1n) is 12.8. The van der Waals surface area contributed by atoms with Gasteiger partial charge < -0.3 is 4.74 Å². The Morgan fingerprint density at radius 3 is 1.10 bits per heavy atom. The summed E-state index contributed by atoms with van der Waals surface area (Å²) in [6, 6.07) is 0. The van der Waals surface area contributed by atoms with Crippen LogP contribution in [0.1, 0.15) is 143 Å². The molecule has 29 heavy (non-hydrogen) atoms. The fourth-order valence-corrected chi connectivity index (χ4v) is 3.70. The highest BCUT2D eigenvalue weighted by molar-refractivity contribution is 5.87. The molecule has 172 valence electrons. The van der Waals surface area contributed by atoms with E-state index in [1.807, 2.05) is 13.8 Å². The minimum absolute atomic E-state index is 0.172. The summed E-state index contributed by atoms with van der Waals surface area (Å²) in [4.78, 5) is 24.3. The van der Waals surface area contributed by atoms with Crippen molar-refractivity contribution in [1.29, 1.82) is 0 Å². The molecule has 0 radical (unpaired) electrons. The number of hydrogen-bond acceptors (Lipinski definition) is 3. The van der Waals surface area contributed by atoms with Crippen LogP contribution in [-0.2, 0) is 14.3 Å². The highest BCUT2D eigenvalue weighted by Crippen LogP contribution is 2.17. The van der Waals surface area contributed by atoms with Gasteiger partial charge in [-0.15, -0.1) is 0 Å². The molecule has 0 unspecified atom stereocenters. The van der Waals surface area contributed by atoms with Crippen LogP contribution in [0.2, 0.25) is 0 Å². The second kappa shape index (κ2) is 20.4. The molecule has 0 N–H and O–H groups in total. The van der Waals surface area contributed by atoms with Gasteiger partial charge in [-0.2, -0.15) is 0 Å². The predicted octanol–water partition coefficient (Wildman–Crippen LogP) is 8.39. The zero-order valence-electron chi connectivity index (χ0n) is 20.1. The maximum Gasteiger partial charge on any atom is 0.316 e. The normalized spacial score (nSPS) is 13.2. The Labute approximate surface area is 181 Å². The molecule has 3 heteroatoms. The number of esters is 2. The van der Waals surface area contributed by atoms with E-state index >= 15 is 0 Å². The van der Waals surface area contributed by atoms with Gasteiger partial charge in [0.15, 0.2) is 0 Å². The third-order valence-electron chi connectivity index (χ3n) is 5.99. The smallest absolute Gasteiger partial charge is 0.316 e. The Morgan fingerprint density at radius 1 is 0.517 bits per heavy atom. The van der Waals surface area contributed by atoms with Crippen LogP contribution in [-0.4, -0.2) is 11.9 Å². The van der Waals surface area contributed by atoms with Gasteiger partial charge >= 0.3 is 11.9 Å². The number of carbonyl (C=O) groups is 2. The molecule has 0 bridgehead atoms. The minimum Gasteiger partial charge on any atom is -0.393 e. The minimum atomic E-state index is -0.333. The summed E-state index contributed by atoms with van der Waals surface area (Å²) in [5.41, 5.74) is 0. The monoisotopic (exact) mass is 410 g/mol. The summed E-state index contributed by atoms with van der Waals surface area (Å²) in [6.07, 6.45) is 21.8. The molecule has 0 amide bonds. The lowest BCUT2D eigenvalue weighted by atomic mass is 10.0. The molecule has 3 nitrogen and oxygen atoms in total. The zero-order chi connectivity index (χ0) is 21.7. The van der Waals surface area contributed by atoms with Crippen molar-refractivity contribution in [3.8, 4) is 0 Å². The van der Waals surface area contributed by atoms with Gasteiger partial charge in [-0.25, -0.2) is 0 Å². The van der Waals surface area contributed by atoms with Gasteiger partial charge in [0.05, 0.1) is 11.8 Å². The number of ether oxygens (including phenoxy) is 1. The first kappa shape index (κ1) is 28.1.